The average molecular weight is 474 g/mol. The monoisotopic (exact) mass is 473 g/mol. The fourth-order valence-electron chi connectivity index (χ4n) is 3.82. The van der Waals surface area contributed by atoms with Crippen LogP contribution in [0.25, 0.3) is 10.2 Å². The molecule has 0 bridgehead atoms. The van der Waals surface area contributed by atoms with E-state index in [1.807, 2.05) is 0 Å². The SMILES string of the molecule is C=CCn1c(=NC(=O)c2ccc(S(=O)(=O)N3CCCCCC3)cc2)sc2cccc(F)c21. The summed E-state index contributed by atoms with van der Waals surface area (Å²) >= 11 is 1.21. The third-order valence-corrected chi connectivity index (χ3v) is 8.42. The Morgan fingerprint density at radius 1 is 1.09 bits per heavy atom. The molecule has 0 aliphatic carbocycles. The van der Waals surface area contributed by atoms with Crippen LogP contribution in [0, 0.1) is 5.82 Å². The first-order valence-electron chi connectivity index (χ1n) is 10.5. The summed E-state index contributed by atoms with van der Waals surface area (Å²) in [5.41, 5.74) is 0.644. The van der Waals surface area contributed by atoms with Crippen molar-refractivity contribution in [2.45, 2.75) is 37.1 Å². The van der Waals surface area contributed by atoms with Gasteiger partial charge in [-0.25, -0.2) is 12.8 Å². The second-order valence-corrected chi connectivity index (χ2v) is 10.6. The molecule has 32 heavy (non-hydrogen) atoms. The third kappa shape index (κ3) is 4.46. The molecule has 0 saturated carbocycles. The summed E-state index contributed by atoms with van der Waals surface area (Å²) in [7, 11) is -3.59. The van der Waals surface area contributed by atoms with Crippen LogP contribution in [0.4, 0.5) is 4.39 Å². The summed E-state index contributed by atoms with van der Waals surface area (Å²) in [6, 6.07) is 10.6. The van der Waals surface area contributed by atoms with E-state index >= 15 is 0 Å². The quantitative estimate of drug-likeness (QED) is 0.518. The van der Waals surface area contributed by atoms with Crippen molar-refractivity contribution in [3.8, 4) is 0 Å². The van der Waals surface area contributed by atoms with Gasteiger partial charge in [0.2, 0.25) is 10.0 Å². The van der Waals surface area contributed by atoms with E-state index in [9.17, 15) is 17.6 Å². The summed E-state index contributed by atoms with van der Waals surface area (Å²) in [5, 5.41) is 0. The number of hydrogen-bond acceptors (Lipinski definition) is 4. The lowest BCUT2D eigenvalue weighted by Crippen LogP contribution is -2.31. The number of rotatable bonds is 5. The van der Waals surface area contributed by atoms with Gasteiger partial charge in [0.1, 0.15) is 5.82 Å². The van der Waals surface area contributed by atoms with Crippen LogP contribution in [0.1, 0.15) is 36.0 Å². The molecule has 4 rings (SSSR count). The Morgan fingerprint density at radius 2 is 1.78 bits per heavy atom. The summed E-state index contributed by atoms with van der Waals surface area (Å²) < 4.78 is 44.0. The maximum atomic E-state index is 14.3. The zero-order chi connectivity index (χ0) is 22.7. The van der Waals surface area contributed by atoms with Crippen molar-refractivity contribution in [3.63, 3.8) is 0 Å². The second kappa shape index (κ2) is 9.48. The molecule has 1 aromatic heterocycles. The van der Waals surface area contributed by atoms with Gasteiger partial charge in [-0.2, -0.15) is 9.30 Å². The van der Waals surface area contributed by atoms with Crippen molar-refractivity contribution in [3.05, 3.63) is 71.3 Å². The van der Waals surface area contributed by atoms with Crippen LogP contribution >= 0.6 is 11.3 Å². The molecule has 0 unspecified atom stereocenters. The van der Waals surface area contributed by atoms with Gasteiger partial charge < -0.3 is 4.57 Å². The van der Waals surface area contributed by atoms with Crippen molar-refractivity contribution < 1.29 is 17.6 Å². The Morgan fingerprint density at radius 3 is 2.44 bits per heavy atom. The zero-order valence-electron chi connectivity index (χ0n) is 17.5. The lowest BCUT2D eigenvalue weighted by atomic mass is 10.2. The Hall–Kier alpha value is -2.62. The number of halogens is 1. The summed E-state index contributed by atoms with van der Waals surface area (Å²) in [4.78, 5) is 17.5. The molecule has 1 aliphatic rings. The minimum absolute atomic E-state index is 0.168. The number of carbonyl (C=O) groups is 1. The van der Waals surface area contributed by atoms with Gasteiger partial charge in [-0.1, -0.05) is 36.3 Å². The lowest BCUT2D eigenvalue weighted by Gasteiger charge is -2.19. The predicted octanol–water partition coefficient (Wildman–Crippen LogP) is 4.33. The van der Waals surface area contributed by atoms with Gasteiger partial charge in [0.25, 0.3) is 5.91 Å². The molecule has 168 valence electrons. The molecular formula is C23H24FN3O3S2. The van der Waals surface area contributed by atoms with E-state index in [1.54, 1.807) is 22.8 Å². The number of carbonyl (C=O) groups excluding carboxylic acids is 1. The maximum absolute atomic E-state index is 14.3. The van der Waals surface area contributed by atoms with Crippen molar-refractivity contribution in [2.24, 2.45) is 4.99 Å². The first kappa shape index (κ1) is 22.6. The summed E-state index contributed by atoms with van der Waals surface area (Å²) in [6.07, 6.45) is 5.40. The van der Waals surface area contributed by atoms with Crippen LogP contribution in [0.5, 0.6) is 0 Å². The van der Waals surface area contributed by atoms with Crippen LogP contribution in [-0.4, -0.2) is 36.3 Å². The molecule has 0 atom stereocenters. The average Bonchev–Trinajstić information content (AvgIpc) is 2.94. The molecule has 0 N–H and O–H groups in total. The largest absolute Gasteiger partial charge is 0.310 e. The van der Waals surface area contributed by atoms with Crippen LogP contribution < -0.4 is 4.80 Å². The van der Waals surface area contributed by atoms with Crippen molar-refractivity contribution in [1.29, 1.82) is 0 Å². The fourth-order valence-corrected chi connectivity index (χ4v) is 6.39. The Balaban J connectivity index is 1.65. The Bertz CT molecular complexity index is 1320. The zero-order valence-corrected chi connectivity index (χ0v) is 19.2. The molecule has 6 nitrogen and oxygen atoms in total. The normalized spacial score (nSPS) is 16.2. The topological polar surface area (TPSA) is 71.7 Å². The summed E-state index contributed by atoms with van der Waals surface area (Å²) in [6.45, 7) is 5.04. The van der Waals surface area contributed by atoms with E-state index in [1.165, 1.54) is 46.0 Å². The van der Waals surface area contributed by atoms with E-state index in [-0.39, 0.29) is 10.5 Å². The third-order valence-electron chi connectivity index (χ3n) is 5.46. The summed E-state index contributed by atoms with van der Waals surface area (Å²) in [5.74, 6) is -0.911. The highest BCUT2D eigenvalue weighted by molar-refractivity contribution is 7.89. The molecule has 1 aliphatic heterocycles. The number of para-hydroxylation sites is 1. The lowest BCUT2D eigenvalue weighted by molar-refractivity contribution is 0.0997. The minimum Gasteiger partial charge on any atom is -0.310 e. The van der Waals surface area contributed by atoms with E-state index in [4.69, 9.17) is 0 Å². The molecular weight excluding hydrogens is 449 g/mol. The number of allylic oxidation sites excluding steroid dienone is 1. The van der Waals surface area contributed by atoms with Gasteiger partial charge in [-0.05, 0) is 49.2 Å². The number of hydrogen-bond donors (Lipinski definition) is 0. The molecule has 2 aromatic carbocycles. The number of nitrogens with zero attached hydrogens (tertiary/aromatic N) is 3. The number of aromatic nitrogens is 1. The first-order valence-corrected chi connectivity index (χ1v) is 12.8. The highest BCUT2D eigenvalue weighted by atomic mass is 32.2. The number of fused-ring (bicyclic) bond motifs is 1. The van der Waals surface area contributed by atoms with Crippen molar-refractivity contribution in [2.75, 3.05) is 13.1 Å². The molecule has 3 aromatic rings. The number of sulfonamides is 1. The maximum Gasteiger partial charge on any atom is 0.279 e. The molecule has 1 amide bonds. The minimum atomic E-state index is -3.59. The van der Waals surface area contributed by atoms with Gasteiger partial charge >= 0.3 is 0 Å². The Labute approximate surface area is 190 Å². The molecule has 9 heteroatoms. The van der Waals surface area contributed by atoms with Crippen LogP contribution in [0.3, 0.4) is 0 Å². The number of thiazole rings is 1. The van der Waals surface area contributed by atoms with E-state index in [0.29, 0.717) is 34.7 Å². The standard InChI is InChI=1S/C23H24FN3O3S2/c1-2-14-27-21-19(24)8-7-9-20(21)31-23(27)25-22(28)17-10-12-18(13-11-17)32(29,30)26-15-5-3-4-6-16-26/h2,7-13H,1,3-6,14-16H2. The molecule has 0 spiro atoms. The van der Waals surface area contributed by atoms with Crippen LogP contribution in [0.2, 0.25) is 0 Å². The second-order valence-electron chi connectivity index (χ2n) is 7.63. The van der Waals surface area contributed by atoms with Gasteiger partial charge in [-0.3, -0.25) is 4.79 Å². The molecule has 1 fully saturated rings. The fraction of sp³-hybridized carbons (Fsp3) is 0.304. The molecule has 1 saturated heterocycles. The van der Waals surface area contributed by atoms with Crippen molar-refractivity contribution in [1.82, 2.24) is 8.87 Å². The van der Waals surface area contributed by atoms with E-state index in [0.717, 1.165) is 25.7 Å². The van der Waals surface area contributed by atoms with Crippen molar-refractivity contribution >= 4 is 37.5 Å². The van der Waals surface area contributed by atoms with Gasteiger partial charge in [0.05, 0.1) is 15.1 Å². The Kier molecular flexibility index (Phi) is 6.68. The van der Waals surface area contributed by atoms with Gasteiger partial charge in [-0.15, -0.1) is 6.58 Å². The molecule has 2 heterocycles. The smallest absolute Gasteiger partial charge is 0.279 e. The van der Waals surface area contributed by atoms with Crippen LogP contribution in [-0.2, 0) is 16.6 Å². The predicted molar refractivity (Wildman–Crippen MR) is 124 cm³/mol. The van der Waals surface area contributed by atoms with E-state index < -0.39 is 21.7 Å². The van der Waals surface area contributed by atoms with Gasteiger partial charge in [0, 0.05) is 25.2 Å². The van der Waals surface area contributed by atoms with E-state index in [2.05, 4.69) is 11.6 Å². The highest BCUT2D eigenvalue weighted by Gasteiger charge is 2.25. The van der Waals surface area contributed by atoms with Crippen LogP contribution in [0.15, 0.2) is 65.0 Å². The first-order chi connectivity index (χ1) is 15.4. The number of benzene rings is 2. The van der Waals surface area contributed by atoms with Gasteiger partial charge in [0.15, 0.2) is 4.80 Å². The molecule has 0 radical (unpaired) electrons. The highest BCUT2D eigenvalue weighted by Crippen LogP contribution is 2.22. The number of amides is 1.